The summed E-state index contributed by atoms with van der Waals surface area (Å²) >= 11 is 0. The van der Waals surface area contributed by atoms with Gasteiger partial charge in [-0.3, -0.25) is 0 Å². The molecule has 0 saturated carbocycles. The van der Waals surface area contributed by atoms with Crippen molar-refractivity contribution >= 4 is 12.1 Å². The fraction of sp³-hybridized carbons (Fsp3) is 0.833. The standard InChI is InChI=1S/C12H23NO5/c1-11(2,3)17-9(15)8(7-14)13-10(16)18-12(4,5)6/h8,14H,7H2,1-6H3,(H,13,16)/t8-/m1/s1. The van der Waals surface area contributed by atoms with Crippen molar-refractivity contribution in [2.45, 2.75) is 58.8 Å². The lowest BCUT2D eigenvalue weighted by atomic mass is 10.2. The van der Waals surface area contributed by atoms with Gasteiger partial charge in [0.05, 0.1) is 6.61 Å². The number of nitrogens with one attached hydrogen (secondary N) is 1. The first-order chi connectivity index (χ1) is 7.94. The van der Waals surface area contributed by atoms with Crippen LogP contribution in [0.25, 0.3) is 0 Å². The van der Waals surface area contributed by atoms with Crippen LogP contribution < -0.4 is 5.32 Å². The van der Waals surface area contributed by atoms with Crippen LogP contribution in [0.2, 0.25) is 0 Å². The Hall–Kier alpha value is -1.30. The first kappa shape index (κ1) is 16.7. The average Bonchev–Trinajstić information content (AvgIpc) is 2.07. The molecule has 0 spiro atoms. The lowest BCUT2D eigenvalue weighted by Crippen LogP contribution is -2.47. The molecule has 0 heterocycles. The van der Waals surface area contributed by atoms with Gasteiger partial charge in [-0.25, -0.2) is 9.59 Å². The Bertz CT molecular complexity index is 301. The molecule has 106 valence electrons. The number of aliphatic hydroxyl groups excluding tert-OH is 1. The van der Waals surface area contributed by atoms with Gasteiger partial charge in [-0.15, -0.1) is 0 Å². The van der Waals surface area contributed by atoms with Crippen molar-refractivity contribution in [1.29, 1.82) is 0 Å². The number of carbonyl (C=O) groups is 2. The Balaban J connectivity index is 4.44. The van der Waals surface area contributed by atoms with E-state index in [1.807, 2.05) is 0 Å². The Labute approximate surface area is 108 Å². The first-order valence-electron chi connectivity index (χ1n) is 5.78. The highest BCUT2D eigenvalue weighted by Gasteiger charge is 2.27. The largest absolute Gasteiger partial charge is 0.458 e. The van der Waals surface area contributed by atoms with Crippen molar-refractivity contribution < 1.29 is 24.2 Å². The highest BCUT2D eigenvalue weighted by molar-refractivity contribution is 5.81. The quantitative estimate of drug-likeness (QED) is 0.746. The molecule has 0 aliphatic heterocycles. The van der Waals surface area contributed by atoms with Crippen LogP contribution in [0.4, 0.5) is 4.79 Å². The van der Waals surface area contributed by atoms with Crippen LogP contribution in [0.3, 0.4) is 0 Å². The molecule has 0 unspecified atom stereocenters. The smallest absolute Gasteiger partial charge is 0.408 e. The molecule has 0 aliphatic rings. The fourth-order valence-electron chi connectivity index (χ4n) is 1.00. The summed E-state index contributed by atoms with van der Waals surface area (Å²) < 4.78 is 10.0. The molecule has 1 atom stereocenters. The van der Waals surface area contributed by atoms with Crippen LogP contribution in [-0.2, 0) is 14.3 Å². The van der Waals surface area contributed by atoms with E-state index in [2.05, 4.69) is 5.32 Å². The second kappa shape index (κ2) is 6.04. The summed E-state index contributed by atoms with van der Waals surface area (Å²) in [4.78, 5) is 23.1. The zero-order valence-electron chi connectivity index (χ0n) is 11.9. The fourth-order valence-corrected chi connectivity index (χ4v) is 1.00. The van der Waals surface area contributed by atoms with Crippen LogP contribution in [0, 0.1) is 0 Å². The molecule has 18 heavy (non-hydrogen) atoms. The number of aliphatic hydroxyl groups is 1. The Kier molecular flexibility index (Phi) is 5.60. The van der Waals surface area contributed by atoms with Gasteiger partial charge in [-0.1, -0.05) is 0 Å². The third-order valence-electron chi connectivity index (χ3n) is 1.56. The van der Waals surface area contributed by atoms with E-state index in [0.29, 0.717) is 0 Å². The summed E-state index contributed by atoms with van der Waals surface area (Å²) in [5.74, 6) is -0.698. The summed E-state index contributed by atoms with van der Waals surface area (Å²) in [6, 6.07) is -1.13. The third kappa shape index (κ3) is 7.89. The minimum Gasteiger partial charge on any atom is -0.458 e. The van der Waals surface area contributed by atoms with Crippen LogP contribution in [0.1, 0.15) is 41.5 Å². The molecule has 0 aromatic rings. The molecule has 0 radical (unpaired) electrons. The number of amides is 1. The Morgan fingerprint density at radius 2 is 1.50 bits per heavy atom. The van der Waals surface area contributed by atoms with E-state index >= 15 is 0 Å². The number of esters is 1. The summed E-state index contributed by atoms with van der Waals surface area (Å²) in [5, 5.41) is 11.3. The SMILES string of the molecule is CC(C)(C)OC(=O)N[C@H](CO)C(=O)OC(C)(C)C. The third-order valence-corrected chi connectivity index (χ3v) is 1.56. The summed E-state index contributed by atoms with van der Waals surface area (Å²) in [6.45, 7) is 9.66. The molecular formula is C12H23NO5. The Morgan fingerprint density at radius 1 is 1.06 bits per heavy atom. The van der Waals surface area contributed by atoms with Crippen molar-refractivity contribution in [3.05, 3.63) is 0 Å². The number of rotatable bonds is 3. The number of hydrogen-bond donors (Lipinski definition) is 2. The maximum atomic E-state index is 11.6. The van der Waals surface area contributed by atoms with Gasteiger partial charge in [0.2, 0.25) is 0 Å². The van der Waals surface area contributed by atoms with E-state index in [9.17, 15) is 9.59 Å². The molecule has 6 heteroatoms. The van der Waals surface area contributed by atoms with E-state index in [-0.39, 0.29) is 0 Å². The van der Waals surface area contributed by atoms with Gasteiger partial charge < -0.3 is 19.9 Å². The van der Waals surface area contributed by atoms with Crippen molar-refractivity contribution in [1.82, 2.24) is 5.32 Å². The van der Waals surface area contributed by atoms with Crippen LogP contribution in [0.5, 0.6) is 0 Å². The lowest BCUT2D eigenvalue weighted by Gasteiger charge is -2.25. The van der Waals surface area contributed by atoms with Gasteiger partial charge in [-0.05, 0) is 41.5 Å². The van der Waals surface area contributed by atoms with Gasteiger partial charge >= 0.3 is 12.1 Å². The van der Waals surface area contributed by atoms with Gasteiger partial charge in [0.15, 0.2) is 6.04 Å². The Morgan fingerprint density at radius 3 is 1.83 bits per heavy atom. The van der Waals surface area contributed by atoms with Gasteiger partial charge in [0.1, 0.15) is 11.2 Å². The van der Waals surface area contributed by atoms with Crippen LogP contribution in [0.15, 0.2) is 0 Å². The molecule has 0 saturated heterocycles. The van der Waals surface area contributed by atoms with E-state index in [4.69, 9.17) is 14.6 Å². The lowest BCUT2D eigenvalue weighted by molar-refractivity contribution is -0.158. The number of hydrogen-bond acceptors (Lipinski definition) is 5. The number of alkyl carbamates (subject to hydrolysis) is 1. The minimum atomic E-state index is -1.13. The molecule has 0 aromatic heterocycles. The van der Waals surface area contributed by atoms with E-state index in [1.165, 1.54) is 0 Å². The maximum absolute atomic E-state index is 11.6. The second-order valence-corrected chi connectivity index (χ2v) is 5.91. The molecule has 0 rings (SSSR count). The highest BCUT2D eigenvalue weighted by Crippen LogP contribution is 2.10. The molecule has 6 nitrogen and oxygen atoms in total. The summed E-state index contributed by atoms with van der Waals surface area (Å²) in [5.41, 5.74) is -1.35. The first-order valence-corrected chi connectivity index (χ1v) is 5.78. The van der Waals surface area contributed by atoms with Crippen LogP contribution >= 0.6 is 0 Å². The zero-order valence-corrected chi connectivity index (χ0v) is 11.9. The molecule has 0 aromatic carbocycles. The van der Waals surface area contributed by atoms with E-state index < -0.39 is 35.9 Å². The van der Waals surface area contributed by atoms with Gasteiger partial charge in [0.25, 0.3) is 0 Å². The molecule has 0 aliphatic carbocycles. The highest BCUT2D eigenvalue weighted by atomic mass is 16.6. The molecular weight excluding hydrogens is 238 g/mol. The average molecular weight is 261 g/mol. The van der Waals surface area contributed by atoms with E-state index in [1.54, 1.807) is 41.5 Å². The monoisotopic (exact) mass is 261 g/mol. The van der Waals surface area contributed by atoms with Crippen molar-refractivity contribution in [2.75, 3.05) is 6.61 Å². The molecule has 0 bridgehead atoms. The number of carbonyl (C=O) groups excluding carboxylic acids is 2. The van der Waals surface area contributed by atoms with Gasteiger partial charge in [-0.2, -0.15) is 0 Å². The molecule has 2 N–H and O–H groups in total. The second-order valence-electron chi connectivity index (χ2n) is 5.91. The molecule has 0 fully saturated rings. The maximum Gasteiger partial charge on any atom is 0.408 e. The van der Waals surface area contributed by atoms with Crippen molar-refractivity contribution in [3.63, 3.8) is 0 Å². The number of ether oxygens (including phenoxy) is 2. The topological polar surface area (TPSA) is 84.9 Å². The predicted molar refractivity (Wildman–Crippen MR) is 66.1 cm³/mol. The zero-order chi connectivity index (χ0) is 14.6. The minimum absolute atomic E-state index is 0.547. The predicted octanol–water partition coefficient (Wildman–Crippen LogP) is 1.21. The summed E-state index contributed by atoms with van der Waals surface area (Å²) in [6.07, 6.45) is -0.771. The van der Waals surface area contributed by atoms with Gasteiger partial charge in [0, 0.05) is 0 Å². The van der Waals surface area contributed by atoms with Crippen LogP contribution in [-0.4, -0.2) is 41.0 Å². The summed E-state index contributed by atoms with van der Waals surface area (Å²) in [7, 11) is 0. The van der Waals surface area contributed by atoms with Crippen molar-refractivity contribution in [3.8, 4) is 0 Å². The van der Waals surface area contributed by atoms with E-state index in [0.717, 1.165) is 0 Å². The normalized spacial score (nSPS) is 13.7. The molecule has 1 amide bonds. The van der Waals surface area contributed by atoms with Crippen molar-refractivity contribution in [2.24, 2.45) is 0 Å².